The molecule has 34 heavy (non-hydrogen) atoms. The maximum atomic E-state index is 12.7. The number of aromatic nitrogens is 2. The normalized spacial score (nSPS) is 10.4. The van der Waals surface area contributed by atoms with Crippen LogP contribution >= 0.6 is 11.3 Å². The average molecular weight is 483 g/mol. The van der Waals surface area contributed by atoms with E-state index in [1.165, 1.54) is 11.3 Å². The highest BCUT2D eigenvalue weighted by molar-refractivity contribution is 7.15. The molecule has 10 heteroatoms. The number of esters is 2. The molecule has 1 aromatic carbocycles. The van der Waals surface area contributed by atoms with E-state index in [0.717, 1.165) is 16.7 Å². The van der Waals surface area contributed by atoms with Gasteiger partial charge in [-0.1, -0.05) is 23.8 Å². The number of hydrogen-bond donors (Lipinski definition) is 2. The van der Waals surface area contributed by atoms with Crippen LogP contribution in [0.2, 0.25) is 0 Å². The topological polar surface area (TPSA) is 120 Å². The molecule has 3 aromatic rings. The van der Waals surface area contributed by atoms with Crippen LogP contribution in [0, 0.1) is 13.8 Å². The Kier molecular flexibility index (Phi) is 8.69. The van der Waals surface area contributed by atoms with Crippen molar-refractivity contribution >= 4 is 40.1 Å². The Labute approximate surface area is 201 Å². The third-order valence-electron chi connectivity index (χ3n) is 4.74. The molecule has 3 rings (SSSR count). The summed E-state index contributed by atoms with van der Waals surface area (Å²) in [6.07, 6.45) is 3.20. The lowest BCUT2D eigenvalue weighted by atomic mass is 9.97. The molecule has 0 fully saturated rings. The van der Waals surface area contributed by atoms with E-state index >= 15 is 0 Å². The molecule has 0 aliphatic rings. The average Bonchev–Trinajstić information content (AvgIpc) is 3.21. The van der Waals surface area contributed by atoms with Crippen LogP contribution < -0.4 is 10.6 Å². The number of anilines is 2. The van der Waals surface area contributed by atoms with Crippen LogP contribution in [0.5, 0.6) is 0 Å². The summed E-state index contributed by atoms with van der Waals surface area (Å²) in [5.74, 6) is -1.23. The first-order chi connectivity index (χ1) is 16.4. The van der Waals surface area contributed by atoms with Crippen LogP contribution in [0.1, 0.15) is 34.8 Å². The predicted molar refractivity (Wildman–Crippen MR) is 130 cm³/mol. The van der Waals surface area contributed by atoms with Crippen molar-refractivity contribution in [1.29, 1.82) is 0 Å². The molecule has 0 bridgehead atoms. The lowest BCUT2D eigenvalue weighted by Crippen LogP contribution is -2.22. The van der Waals surface area contributed by atoms with Crippen LogP contribution in [-0.4, -0.2) is 47.6 Å². The number of ether oxygens (including phenoxy) is 2. The summed E-state index contributed by atoms with van der Waals surface area (Å²) in [5.41, 5.74) is 3.96. The fraction of sp³-hybridized carbons (Fsp3) is 0.292. The van der Waals surface area contributed by atoms with E-state index in [9.17, 15) is 14.4 Å². The first kappa shape index (κ1) is 24.8. The van der Waals surface area contributed by atoms with Crippen molar-refractivity contribution in [3.05, 3.63) is 58.7 Å². The maximum Gasteiger partial charge on any atom is 0.341 e. The van der Waals surface area contributed by atoms with Crippen molar-refractivity contribution in [3.63, 3.8) is 0 Å². The number of amides is 1. The van der Waals surface area contributed by atoms with E-state index in [1.54, 1.807) is 25.4 Å². The van der Waals surface area contributed by atoms with E-state index < -0.39 is 24.5 Å². The van der Waals surface area contributed by atoms with Crippen LogP contribution in [0.3, 0.4) is 0 Å². The van der Waals surface area contributed by atoms with Crippen LogP contribution in [0.15, 0.2) is 42.0 Å². The van der Waals surface area contributed by atoms with Crippen molar-refractivity contribution in [2.45, 2.75) is 27.2 Å². The molecule has 0 radical (unpaired) electrons. The number of benzene rings is 1. The molecule has 0 aliphatic carbocycles. The summed E-state index contributed by atoms with van der Waals surface area (Å²) in [6.45, 7) is 5.67. The van der Waals surface area contributed by atoms with Gasteiger partial charge in [0.2, 0.25) is 5.95 Å². The summed E-state index contributed by atoms with van der Waals surface area (Å²) in [6, 6.07) is 7.62. The van der Waals surface area contributed by atoms with Gasteiger partial charge in [-0.2, -0.15) is 0 Å². The van der Waals surface area contributed by atoms with Crippen molar-refractivity contribution in [3.8, 4) is 11.1 Å². The Bertz CT molecular complexity index is 1160. The van der Waals surface area contributed by atoms with Gasteiger partial charge < -0.3 is 20.1 Å². The van der Waals surface area contributed by atoms with Gasteiger partial charge in [-0.15, -0.1) is 11.3 Å². The van der Waals surface area contributed by atoms with Gasteiger partial charge in [-0.05, 0) is 38.0 Å². The number of aryl methyl sites for hydroxylation is 2. The highest BCUT2D eigenvalue weighted by Crippen LogP contribution is 2.37. The second-order valence-corrected chi connectivity index (χ2v) is 8.23. The second-order valence-electron chi connectivity index (χ2n) is 7.35. The van der Waals surface area contributed by atoms with Gasteiger partial charge in [0, 0.05) is 29.9 Å². The Morgan fingerprint density at radius 3 is 2.53 bits per heavy atom. The van der Waals surface area contributed by atoms with Gasteiger partial charge in [-0.3, -0.25) is 9.59 Å². The van der Waals surface area contributed by atoms with E-state index in [4.69, 9.17) is 9.47 Å². The number of nitrogens with one attached hydrogen (secondary N) is 2. The van der Waals surface area contributed by atoms with Crippen LogP contribution in [-0.2, 0) is 19.1 Å². The minimum Gasteiger partial charge on any atom is -0.462 e. The molecule has 0 unspecified atom stereocenters. The van der Waals surface area contributed by atoms with E-state index in [1.807, 2.05) is 37.4 Å². The zero-order chi connectivity index (χ0) is 24.5. The highest BCUT2D eigenvalue weighted by atomic mass is 32.1. The number of rotatable bonds is 10. The third-order valence-corrected chi connectivity index (χ3v) is 5.63. The predicted octanol–water partition coefficient (Wildman–Crippen LogP) is 3.98. The summed E-state index contributed by atoms with van der Waals surface area (Å²) in [4.78, 5) is 45.1. The minimum absolute atomic E-state index is 0.0372. The number of carbonyl (C=O) groups excluding carboxylic acids is 3. The zero-order valence-electron chi connectivity index (χ0n) is 19.2. The van der Waals surface area contributed by atoms with Crippen molar-refractivity contribution in [2.75, 3.05) is 30.4 Å². The van der Waals surface area contributed by atoms with Gasteiger partial charge in [-0.25, -0.2) is 14.8 Å². The van der Waals surface area contributed by atoms with Crippen LogP contribution in [0.25, 0.3) is 11.1 Å². The van der Waals surface area contributed by atoms with Crippen molar-refractivity contribution in [2.24, 2.45) is 0 Å². The molecule has 9 nitrogen and oxygen atoms in total. The molecular weight excluding hydrogens is 456 g/mol. The lowest BCUT2D eigenvalue weighted by Gasteiger charge is -2.11. The van der Waals surface area contributed by atoms with E-state index in [-0.39, 0.29) is 25.1 Å². The van der Waals surface area contributed by atoms with Crippen LogP contribution in [0.4, 0.5) is 10.9 Å². The smallest absolute Gasteiger partial charge is 0.341 e. The molecule has 0 saturated carbocycles. The molecular formula is C24H26N4O5S. The molecule has 0 atom stereocenters. The first-order valence-corrected chi connectivity index (χ1v) is 11.6. The van der Waals surface area contributed by atoms with Gasteiger partial charge in [0.15, 0.2) is 6.61 Å². The fourth-order valence-electron chi connectivity index (χ4n) is 3.22. The molecule has 1 amide bonds. The number of thiophene rings is 1. The first-order valence-electron chi connectivity index (χ1n) is 10.7. The molecule has 0 spiro atoms. The zero-order valence-corrected chi connectivity index (χ0v) is 20.0. The van der Waals surface area contributed by atoms with Crippen molar-refractivity contribution in [1.82, 2.24) is 9.97 Å². The Hall–Kier alpha value is -3.79. The Morgan fingerprint density at radius 1 is 1.06 bits per heavy atom. The summed E-state index contributed by atoms with van der Waals surface area (Å²) in [5, 5.41) is 7.72. The molecule has 2 heterocycles. The molecule has 2 N–H and O–H groups in total. The van der Waals surface area contributed by atoms with Crippen molar-refractivity contribution < 1.29 is 23.9 Å². The van der Waals surface area contributed by atoms with E-state index in [2.05, 4.69) is 20.6 Å². The van der Waals surface area contributed by atoms with Gasteiger partial charge in [0.05, 0.1) is 13.0 Å². The quantitative estimate of drug-likeness (QED) is 0.417. The molecule has 0 saturated heterocycles. The molecule has 178 valence electrons. The monoisotopic (exact) mass is 482 g/mol. The summed E-state index contributed by atoms with van der Waals surface area (Å²) in [7, 11) is 0. The van der Waals surface area contributed by atoms with Gasteiger partial charge in [0.25, 0.3) is 5.91 Å². The lowest BCUT2D eigenvalue weighted by molar-refractivity contribution is -0.147. The SMILES string of the molecule is CCOC(=O)c1c(-c2ccc(C)cc2C)csc1NC(=O)COC(=O)CCNc1ncccn1. The molecule has 0 aliphatic heterocycles. The Balaban J connectivity index is 1.62. The summed E-state index contributed by atoms with van der Waals surface area (Å²) >= 11 is 1.22. The van der Waals surface area contributed by atoms with Gasteiger partial charge in [0.1, 0.15) is 10.6 Å². The third kappa shape index (κ3) is 6.61. The maximum absolute atomic E-state index is 12.7. The standard InChI is InChI=1S/C24H26N4O5S/c1-4-32-23(31)21-18(17-7-6-15(2)12-16(17)3)14-34-22(21)28-19(29)13-33-20(30)8-11-27-24-25-9-5-10-26-24/h5-7,9-10,12,14H,4,8,11,13H2,1-3H3,(H,28,29)(H,25,26,27). The van der Waals surface area contributed by atoms with E-state index in [0.29, 0.717) is 16.5 Å². The number of nitrogens with zero attached hydrogens (tertiary/aromatic N) is 2. The van der Waals surface area contributed by atoms with Gasteiger partial charge >= 0.3 is 11.9 Å². The largest absolute Gasteiger partial charge is 0.462 e. The highest BCUT2D eigenvalue weighted by Gasteiger charge is 2.24. The minimum atomic E-state index is -0.550. The molecule has 2 aromatic heterocycles. The second kappa shape index (κ2) is 11.9. The summed E-state index contributed by atoms with van der Waals surface area (Å²) < 4.78 is 10.3. The number of hydrogen-bond acceptors (Lipinski definition) is 9. The Morgan fingerprint density at radius 2 is 1.82 bits per heavy atom. The fourth-order valence-corrected chi connectivity index (χ4v) is 4.18. The number of carbonyl (C=O) groups is 3.